The molecule has 0 fully saturated rings. The molecule has 0 aromatic carbocycles. The van der Waals surface area contributed by atoms with Gasteiger partial charge in [-0.1, -0.05) is 0 Å². The van der Waals surface area contributed by atoms with Crippen LogP contribution in [0.1, 0.15) is 44.3 Å². The first-order chi connectivity index (χ1) is 8.19. The lowest BCUT2D eigenvalue weighted by Gasteiger charge is -2.20. The fraction of sp³-hybridized carbons (Fsp3) is 0.615. The number of nitrogens with zero attached hydrogens (tertiary/aromatic N) is 1. The minimum atomic E-state index is -0.246. The van der Waals surface area contributed by atoms with Crippen molar-refractivity contribution < 1.29 is 4.79 Å². The summed E-state index contributed by atoms with van der Waals surface area (Å²) in [5, 5.41) is 2.87. The lowest BCUT2D eigenvalue weighted by molar-refractivity contribution is -0.122. The van der Waals surface area contributed by atoms with E-state index in [1.54, 1.807) is 13.8 Å². The number of nitrogens with one attached hydrogen (secondary N) is 2. The number of carbonyl (C=O) groups is 1. The maximum absolute atomic E-state index is 11.7. The number of aromatic amines is 1. The van der Waals surface area contributed by atoms with E-state index in [2.05, 4.69) is 15.3 Å². The van der Waals surface area contributed by atoms with E-state index in [9.17, 15) is 9.59 Å². The summed E-state index contributed by atoms with van der Waals surface area (Å²) in [6.07, 6.45) is 0.711. The summed E-state index contributed by atoms with van der Waals surface area (Å²) >= 11 is 0. The Morgan fingerprint density at radius 3 is 2.44 bits per heavy atom. The molecule has 0 atom stereocenters. The number of aromatic nitrogens is 2. The Labute approximate surface area is 107 Å². The van der Waals surface area contributed by atoms with Crippen molar-refractivity contribution in [2.75, 3.05) is 0 Å². The van der Waals surface area contributed by atoms with Crippen molar-refractivity contribution in [1.29, 1.82) is 0 Å². The van der Waals surface area contributed by atoms with Gasteiger partial charge in [0.25, 0.3) is 5.56 Å². The van der Waals surface area contributed by atoms with Gasteiger partial charge in [-0.25, -0.2) is 4.98 Å². The SMILES string of the molecule is Cc1nc(C)c(CCC(=O)NC(C)(C)C)c(=O)[nH]1. The second-order valence-electron chi connectivity index (χ2n) is 5.51. The second-order valence-corrected chi connectivity index (χ2v) is 5.51. The van der Waals surface area contributed by atoms with Crippen molar-refractivity contribution in [2.45, 2.75) is 53.0 Å². The number of hydrogen-bond acceptors (Lipinski definition) is 3. The van der Waals surface area contributed by atoms with Gasteiger partial charge >= 0.3 is 0 Å². The van der Waals surface area contributed by atoms with Crippen LogP contribution in [0.25, 0.3) is 0 Å². The van der Waals surface area contributed by atoms with Crippen molar-refractivity contribution in [1.82, 2.24) is 15.3 Å². The molecule has 1 rings (SSSR count). The molecule has 18 heavy (non-hydrogen) atoms. The highest BCUT2D eigenvalue weighted by atomic mass is 16.1. The Hall–Kier alpha value is -1.65. The number of H-pyrrole nitrogens is 1. The van der Waals surface area contributed by atoms with E-state index < -0.39 is 0 Å². The quantitative estimate of drug-likeness (QED) is 0.848. The second kappa shape index (κ2) is 5.33. The van der Waals surface area contributed by atoms with Gasteiger partial charge in [0, 0.05) is 23.2 Å². The zero-order valence-corrected chi connectivity index (χ0v) is 11.7. The van der Waals surface area contributed by atoms with Crippen molar-refractivity contribution in [2.24, 2.45) is 0 Å². The van der Waals surface area contributed by atoms with Crippen LogP contribution in [0, 0.1) is 13.8 Å². The van der Waals surface area contributed by atoms with E-state index in [1.165, 1.54) is 0 Å². The highest BCUT2D eigenvalue weighted by Gasteiger charge is 2.15. The third kappa shape index (κ3) is 4.31. The normalized spacial score (nSPS) is 11.4. The molecule has 0 radical (unpaired) electrons. The van der Waals surface area contributed by atoms with Crippen LogP contribution in [0.4, 0.5) is 0 Å². The molecular formula is C13H21N3O2. The largest absolute Gasteiger partial charge is 0.351 e. The van der Waals surface area contributed by atoms with Crippen LogP contribution >= 0.6 is 0 Å². The molecule has 5 heteroatoms. The maximum atomic E-state index is 11.7. The number of rotatable bonds is 3. The number of hydrogen-bond donors (Lipinski definition) is 2. The average Bonchev–Trinajstić information content (AvgIpc) is 2.12. The zero-order valence-electron chi connectivity index (χ0n) is 11.7. The topological polar surface area (TPSA) is 74.8 Å². The molecule has 0 aliphatic rings. The Balaban J connectivity index is 2.70. The highest BCUT2D eigenvalue weighted by molar-refractivity contribution is 5.76. The summed E-state index contributed by atoms with van der Waals surface area (Å²) in [6, 6.07) is 0. The molecule has 1 aromatic heterocycles. The summed E-state index contributed by atoms with van der Waals surface area (Å²) < 4.78 is 0. The number of carbonyl (C=O) groups excluding carboxylic acids is 1. The smallest absolute Gasteiger partial charge is 0.254 e. The van der Waals surface area contributed by atoms with Gasteiger partial charge in [-0.3, -0.25) is 9.59 Å². The minimum absolute atomic E-state index is 0.0538. The van der Waals surface area contributed by atoms with Crippen LogP contribution in [0.2, 0.25) is 0 Å². The van der Waals surface area contributed by atoms with Gasteiger partial charge in [0.05, 0.1) is 0 Å². The molecule has 5 nitrogen and oxygen atoms in total. The molecule has 1 aromatic rings. The molecule has 0 bridgehead atoms. The van der Waals surface area contributed by atoms with Crippen LogP contribution in [0.5, 0.6) is 0 Å². The van der Waals surface area contributed by atoms with Gasteiger partial charge in [0.1, 0.15) is 5.82 Å². The molecular weight excluding hydrogens is 230 g/mol. The van der Waals surface area contributed by atoms with E-state index in [4.69, 9.17) is 0 Å². The Bertz CT molecular complexity index is 498. The third-order valence-electron chi connectivity index (χ3n) is 2.46. The predicted octanol–water partition coefficient (Wildman–Crippen LogP) is 1.23. The summed E-state index contributed by atoms with van der Waals surface area (Å²) in [5.41, 5.74) is 0.886. The van der Waals surface area contributed by atoms with Crippen molar-refractivity contribution in [3.63, 3.8) is 0 Å². The van der Waals surface area contributed by atoms with E-state index in [0.717, 1.165) is 0 Å². The molecule has 0 saturated carbocycles. The van der Waals surface area contributed by atoms with Gasteiger partial charge in [-0.15, -0.1) is 0 Å². The van der Waals surface area contributed by atoms with Gasteiger partial charge < -0.3 is 10.3 Å². The van der Waals surface area contributed by atoms with Gasteiger partial charge in [-0.05, 0) is 41.0 Å². The molecule has 1 heterocycles. The van der Waals surface area contributed by atoms with Crippen LogP contribution in [-0.2, 0) is 11.2 Å². The molecule has 2 N–H and O–H groups in total. The first-order valence-corrected chi connectivity index (χ1v) is 6.06. The lowest BCUT2D eigenvalue weighted by atomic mass is 10.1. The molecule has 0 spiro atoms. The molecule has 0 aliphatic carbocycles. The summed E-state index contributed by atoms with van der Waals surface area (Å²) in [7, 11) is 0. The van der Waals surface area contributed by atoms with E-state index in [1.807, 2.05) is 20.8 Å². The Morgan fingerprint density at radius 2 is 1.94 bits per heavy atom. The Morgan fingerprint density at radius 1 is 1.33 bits per heavy atom. The monoisotopic (exact) mass is 251 g/mol. The molecule has 0 saturated heterocycles. The van der Waals surface area contributed by atoms with Crippen molar-refractivity contribution >= 4 is 5.91 Å². The number of aryl methyl sites for hydroxylation is 2. The molecule has 0 aliphatic heterocycles. The average molecular weight is 251 g/mol. The summed E-state index contributed by atoms with van der Waals surface area (Å²) in [5.74, 6) is 0.544. The fourth-order valence-electron chi connectivity index (χ4n) is 1.76. The van der Waals surface area contributed by atoms with Gasteiger partial charge in [0.2, 0.25) is 5.91 Å². The summed E-state index contributed by atoms with van der Waals surface area (Å²) in [6.45, 7) is 9.31. The lowest BCUT2D eigenvalue weighted by Crippen LogP contribution is -2.40. The van der Waals surface area contributed by atoms with Gasteiger partial charge in [-0.2, -0.15) is 0 Å². The van der Waals surface area contributed by atoms with Crippen molar-refractivity contribution in [3.05, 3.63) is 27.4 Å². The standard InChI is InChI=1S/C13H21N3O2/c1-8-10(12(18)15-9(2)14-8)6-7-11(17)16-13(3,4)5/h6-7H2,1-5H3,(H,16,17)(H,14,15,18). The minimum Gasteiger partial charge on any atom is -0.351 e. The molecule has 100 valence electrons. The zero-order chi connectivity index (χ0) is 13.9. The van der Waals surface area contributed by atoms with E-state index in [0.29, 0.717) is 29.9 Å². The van der Waals surface area contributed by atoms with Crippen LogP contribution in [0.15, 0.2) is 4.79 Å². The first-order valence-electron chi connectivity index (χ1n) is 6.06. The maximum Gasteiger partial charge on any atom is 0.254 e. The molecule has 0 unspecified atom stereocenters. The molecule has 1 amide bonds. The predicted molar refractivity (Wildman–Crippen MR) is 70.5 cm³/mol. The summed E-state index contributed by atoms with van der Waals surface area (Å²) in [4.78, 5) is 30.3. The number of amides is 1. The van der Waals surface area contributed by atoms with Crippen molar-refractivity contribution in [3.8, 4) is 0 Å². The first kappa shape index (κ1) is 14.4. The van der Waals surface area contributed by atoms with Gasteiger partial charge in [0.15, 0.2) is 0 Å². The van der Waals surface area contributed by atoms with Crippen LogP contribution in [0.3, 0.4) is 0 Å². The van der Waals surface area contributed by atoms with E-state index >= 15 is 0 Å². The fourth-order valence-corrected chi connectivity index (χ4v) is 1.76. The highest BCUT2D eigenvalue weighted by Crippen LogP contribution is 2.04. The Kier molecular flexibility index (Phi) is 4.27. The van der Waals surface area contributed by atoms with Crippen LogP contribution in [-0.4, -0.2) is 21.4 Å². The van der Waals surface area contributed by atoms with E-state index in [-0.39, 0.29) is 17.0 Å². The van der Waals surface area contributed by atoms with Crippen LogP contribution < -0.4 is 10.9 Å². The third-order valence-corrected chi connectivity index (χ3v) is 2.46.